The first-order chi connectivity index (χ1) is 17.1. The van der Waals surface area contributed by atoms with Crippen LogP contribution in [-0.4, -0.2) is 39.6 Å². The number of nitrogens with zero attached hydrogens (tertiary/aromatic N) is 3. The number of hydrogen-bond donors (Lipinski definition) is 1. The number of benzene rings is 3. The molecule has 3 aromatic carbocycles. The first-order valence-electron chi connectivity index (χ1n) is 11.2. The Morgan fingerprint density at radius 1 is 0.943 bits per heavy atom. The first-order valence-corrected chi connectivity index (χ1v) is 12.5. The normalized spacial score (nSPS) is 10.7. The Balaban J connectivity index is 1.60. The van der Waals surface area contributed by atoms with E-state index < -0.39 is 0 Å². The minimum atomic E-state index is -0.178. The number of anilines is 1. The highest BCUT2D eigenvalue weighted by Gasteiger charge is 2.19. The maximum absolute atomic E-state index is 12.8. The van der Waals surface area contributed by atoms with Gasteiger partial charge in [-0.2, -0.15) is 0 Å². The molecule has 0 fully saturated rings. The van der Waals surface area contributed by atoms with E-state index in [-0.39, 0.29) is 11.7 Å². The van der Waals surface area contributed by atoms with E-state index in [2.05, 4.69) is 15.5 Å². The Bertz CT molecular complexity index is 1290. The zero-order valence-electron chi connectivity index (χ0n) is 19.4. The standard InChI is InChI=1S/C26H25ClN4O3S/c1-3-33-19-15-13-18(14-16-19)31-25(20-9-5-6-10-21(20)27)29-30-26(31)35-17-24(32)28-22-11-7-8-12-23(22)34-4-2/h5-16H,3-4,17H2,1-2H3,(H,28,32). The average molecular weight is 509 g/mol. The minimum Gasteiger partial charge on any atom is -0.494 e. The minimum absolute atomic E-state index is 0.137. The highest BCUT2D eigenvalue weighted by atomic mass is 35.5. The topological polar surface area (TPSA) is 78.3 Å². The van der Waals surface area contributed by atoms with Crippen LogP contribution in [0.2, 0.25) is 5.02 Å². The molecule has 35 heavy (non-hydrogen) atoms. The summed E-state index contributed by atoms with van der Waals surface area (Å²) in [5.74, 6) is 1.95. The number of hydrogen-bond acceptors (Lipinski definition) is 6. The molecule has 1 amide bonds. The number of amides is 1. The predicted octanol–water partition coefficient (Wildman–Crippen LogP) is 6.12. The van der Waals surface area contributed by atoms with Gasteiger partial charge in [0.1, 0.15) is 11.5 Å². The lowest BCUT2D eigenvalue weighted by Crippen LogP contribution is -2.15. The van der Waals surface area contributed by atoms with E-state index in [0.717, 1.165) is 17.0 Å². The lowest BCUT2D eigenvalue weighted by Gasteiger charge is -2.13. The third kappa shape index (κ3) is 5.96. The molecule has 0 bridgehead atoms. The fourth-order valence-corrected chi connectivity index (χ4v) is 4.41. The Morgan fingerprint density at radius 3 is 2.40 bits per heavy atom. The SMILES string of the molecule is CCOc1ccc(-n2c(SCC(=O)Nc3ccccc3OCC)nnc2-c2ccccc2Cl)cc1. The van der Waals surface area contributed by atoms with E-state index in [1.54, 1.807) is 0 Å². The third-order valence-electron chi connectivity index (χ3n) is 4.95. The van der Waals surface area contributed by atoms with E-state index in [9.17, 15) is 4.79 Å². The van der Waals surface area contributed by atoms with Crippen LogP contribution < -0.4 is 14.8 Å². The van der Waals surface area contributed by atoms with Gasteiger partial charge in [0.2, 0.25) is 5.91 Å². The Morgan fingerprint density at radius 2 is 1.66 bits per heavy atom. The molecule has 1 N–H and O–H groups in total. The highest BCUT2D eigenvalue weighted by molar-refractivity contribution is 7.99. The van der Waals surface area contributed by atoms with Gasteiger partial charge in [-0.1, -0.05) is 47.6 Å². The molecule has 180 valence electrons. The lowest BCUT2D eigenvalue weighted by molar-refractivity contribution is -0.113. The van der Waals surface area contributed by atoms with Crippen molar-refractivity contribution in [3.8, 4) is 28.6 Å². The van der Waals surface area contributed by atoms with Gasteiger partial charge < -0.3 is 14.8 Å². The fraction of sp³-hybridized carbons (Fsp3) is 0.192. The van der Waals surface area contributed by atoms with Crippen LogP contribution >= 0.6 is 23.4 Å². The Labute approximate surface area is 213 Å². The molecule has 4 rings (SSSR count). The highest BCUT2D eigenvalue weighted by Crippen LogP contribution is 2.32. The summed E-state index contributed by atoms with van der Waals surface area (Å²) in [6, 6.07) is 22.5. The van der Waals surface area contributed by atoms with Crippen LogP contribution in [0.4, 0.5) is 5.69 Å². The summed E-state index contributed by atoms with van der Waals surface area (Å²) < 4.78 is 13.1. The molecule has 7 nitrogen and oxygen atoms in total. The number of para-hydroxylation sites is 2. The quantitative estimate of drug-likeness (QED) is 0.260. The second-order valence-electron chi connectivity index (χ2n) is 7.31. The molecule has 0 aliphatic heterocycles. The van der Waals surface area contributed by atoms with Gasteiger partial charge in [0.25, 0.3) is 0 Å². The van der Waals surface area contributed by atoms with Gasteiger partial charge in [-0.05, 0) is 62.4 Å². The van der Waals surface area contributed by atoms with Crippen molar-refractivity contribution in [2.24, 2.45) is 0 Å². The number of rotatable bonds is 10. The molecule has 4 aromatic rings. The van der Waals surface area contributed by atoms with Gasteiger partial charge in [-0.3, -0.25) is 9.36 Å². The van der Waals surface area contributed by atoms with Gasteiger partial charge >= 0.3 is 0 Å². The van der Waals surface area contributed by atoms with E-state index in [1.165, 1.54) is 11.8 Å². The number of halogens is 1. The Kier molecular flexibility index (Phi) is 8.28. The van der Waals surface area contributed by atoms with E-state index >= 15 is 0 Å². The van der Waals surface area contributed by atoms with Crippen molar-refractivity contribution in [2.45, 2.75) is 19.0 Å². The maximum Gasteiger partial charge on any atom is 0.234 e. The molecule has 0 spiro atoms. The second-order valence-corrected chi connectivity index (χ2v) is 8.66. The van der Waals surface area contributed by atoms with Crippen LogP contribution in [0, 0.1) is 0 Å². The summed E-state index contributed by atoms with van der Waals surface area (Å²) >= 11 is 7.75. The third-order valence-corrected chi connectivity index (χ3v) is 6.21. The second kappa shape index (κ2) is 11.8. The van der Waals surface area contributed by atoms with Crippen molar-refractivity contribution in [1.82, 2.24) is 14.8 Å². The molecule has 0 unspecified atom stereocenters. The van der Waals surface area contributed by atoms with Crippen LogP contribution in [0.15, 0.2) is 78.0 Å². The number of carbonyl (C=O) groups is 1. The number of nitrogens with one attached hydrogen (secondary N) is 1. The molecule has 0 aliphatic rings. The molecule has 1 aromatic heterocycles. The maximum atomic E-state index is 12.8. The lowest BCUT2D eigenvalue weighted by atomic mass is 10.2. The zero-order chi connectivity index (χ0) is 24.6. The van der Waals surface area contributed by atoms with Crippen molar-refractivity contribution < 1.29 is 14.3 Å². The van der Waals surface area contributed by atoms with E-state index in [4.69, 9.17) is 21.1 Å². The molecule has 0 atom stereocenters. The van der Waals surface area contributed by atoms with Crippen LogP contribution in [0.25, 0.3) is 17.1 Å². The van der Waals surface area contributed by atoms with Crippen LogP contribution in [0.5, 0.6) is 11.5 Å². The largest absolute Gasteiger partial charge is 0.494 e. The fourth-order valence-electron chi connectivity index (χ4n) is 3.44. The number of thioether (sulfide) groups is 1. The van der Waals surface area contributed by atoms with Gasteiger partial charge in [0, 0.05) is 11.3 Å². The number of carbonyl (C=O) groups excluding carboxylic acids is 1. The summed E-state index contributed by atoms with van der Waals surface area (Å²) in [6.45, 7) is 4.94. The summed E-state index contributed by atoms with van der Waals surface area (Å²) in [4.78, 5) is 12.8. The molecule has 0 saturated heterocycles. The average Bonchev–Trinajstić information content (AvgIpc) is 3.29. The Hall–Kier alpha value is -3.49. The van der Waals surface area contributed by atoms with E-state index in [1.807, 2.05) is 91.2 Å². The van der Waals surface area contributed by atoms with Gasteiger partial charge in [0.05, 0.1) is 29.7 Å². The smallest absolute Gasteiger partial charge is 0.234 e. The molecular weight excluding hydrogens is 484 g/mol. The summed E-state index contributed by atoms with van der Waals surface area (Å²) in [5.41, 5.74) is 2.21. The monoisotopic (exact) mass is 508 g/mol. The molecular formula is C26H25ClN4O3S. The van der Waals surface area contributed by atoms with Crippen molar-refractivity contribution in [3.05, 3.63) is 77.8 Å². The van der Waals surface area contributed by atoms with Crippen LogP contribution in [0.3, 0.4) is 0 Å². The molecule has 1 heterocycles. The molecule has 0 radical (unpaired) electrons. The van der Waals surface area contributed by atoms with Crippen LogP contribution in [0.1, 0.15) is 13.8 Å². The van der Waals surface area contributed by atoms with Gasteiger partial charge in [-0.15, -0.1) is 10.2 Å². The predicted molar refractivity (Wildman–Crippen MR) is 140 cm³/mol. The molecule has 0 aliphatic carbocycles. The number of ether oxygens (including phenoxy) is 2. The number of aromatic nitrogens is 3. The van der Waals surface area contributed by atoms with Crippen molar-refractivity contribution in [1.29, 1.82) is 0 Å². The van der Waals surface area contributed by atoms with Crippen molar-refractivity contribution >= 4 is 35.0 Å². The molecule has 9 heteroatoms. The summed E-state index contributed by atoms with van der Waals surface area (Å²) in [5, 5.41) is 12.8. The summed E-state index contributed by atoms with van der Waals surface area (Å²) in [6.07, 6.45) is 0. The van der Waals surface area contributed by atoms with Gasteiger partial charge in [0.15, 0.2) is 11.0 Å². The zero-order valence-corrected chi connectivity index (χ0v) is 21.0. The van der Waals surface area contributed by atoms with Crippen molar-refractivity contribution in [2.75, 3.05) is 24.3 Å². The summed E-state index contributed by atoms with van der Waals surface area (Å²) in [7, 11) is 0. The van der Waals surface area contributed by atoms with Crippen LogP contribution in [-0.2, 0) is 4.79 Å². The van der Waals surface area contributed by atoms with Crippen molar-refractivity contribution in [3.63, 3.8) is 0 Å². The first kappa shape index (κ1) is 24.6. The van der Waals surface area contributed by atoms with Gasteiger partial charge in [-0.25, -0.2) is 0 Å². The molecule has 0 saturated carbocycles. The van der Waals surface area contributed by atoms with E-state index in [0.29, 0.717) is 40.7 Å².